The van der Waals surface area contributed by atoms with Gasteiger partial charge in [-0.25, -0.2) is 13.6 Å². The van der Waals surface area contributed by atoms with E-state index in [0.29, 0.717) is 5.92 Å². The molecule has 0 unspecified atom stereocenters. The Balaban J connectivity index is 1.96. The Morgan fingerprint density at radius 3 is 2.38 bits per heavy atom. The predicted octanol–water partition coefficient (Wildman–Crippen LogP) is 0.392. The smallest absolute Gasteiger partial charge is 0.238 e. The fraction of sp³-hybridized carbons (Fsp3) is 0.400. The first-order valence-corrected chi connectivity index (χ1v) is 6.55. The summed E-state index contributed by atoms with van der Waals surface area (Å²) in [5, 5.41) is 8.20. The summed E-state index contributed by atoms with van der Waals surface area (Å²) >= 11 is 0. The van der Waals surface area contributed by atoms with Crippen LogP contribution in [0.3, 0.4) is 0 Å². The van der Waals surface area contributed by atoms with Crippen molar-refractivity contribution < 1.29 is 13.2 Å². The summed E-state index contributed by atoms with van der Waals surface area (Å²) in [6, 6.07) is 6.41. The van der Waals surface area contributed by atoms with Gasteiger partial charge in [-0.2, -0.15) is 0 Å². The molecule has 6 heteroatoms. The molecule has 0 amide bonds. The molecule has 1 aliphatic rings. The number of benzene rings is 1. The molecule has 0 bridgehead atoms. The molecular formula is C10H14N2O3S. The Bertz CT molecular complexity index is 451. The summed E-state index contributed by atoms with van der Waals surface area (Å²) in [5.41, 5.74) is 0.888. The second kappa shape index (κ2) is 4.40. The summed E-state index contributed by atoms with van der Waals surface area (Å²) in [6.07, 6.45) is 0. The van der Waals surface area contributed by atoms with Gasteiger partial charge in [-0.15, -0.1) is 0 Å². The average molecular weight is 242 g/mol. The standard InChI is InChI=1S/C10H14N2O3S/c11-16(13,14)10-3-1-9(2-4-10)12-5-8-6-15-7-8/h1-4,8,12H,5-7H2,(H2,11,13,14). The van der Waals surface area contributed by atoms with Crippen molar-refractivity contribution in [3.63, 3.8) is 0 Å². The summed E-state index contributed by atoms with van der Waals surface area (Å²) in [5.74, 6) is 0.554. The molecule has 3 N–H and O–H groups in total. The van der Waals surface area contributed by atoms with E-state index in [1.807, 2.05) is 0 Å². The van der Waals surface area contributed by atoms with Gasteiger partial charge in [-0.05, 0) is 24.3 Å². The van der Waals surface area contributed by atoms with Gasteiger partial charge in [0.15, 0.2) is 0 Å². The van der Waals surface area contributed by atoms with Gasteiger partial charge in [0.2, 0.25) is 10.0 Å². The van der Waals surface area contributed by atoms with Crippen molar-refractivity contribution in [1.82, 2.24) is 0 Å². The number of rotatable bonds is 4. The Morgan fingerprint density at radius 2 is 1.94 bits per heavy atom. The molecule has 0 spiro atoms. The van der Waals surface area contributed by atoms with E-state index in [9.17, 15) is 8.42 Å². The third-order valence-corrected chi connectivity index (χ3v) is 3.41. The number of hydrogen-bond donors (Lipinski definition) is 2. The molecule has 88 valence electrons. The van der Waals surface area contributed by atoms with Crippen LogP contribution in [0.2, 0.25) is 0 Å². The van der Waals surface area contributed by atoms with Gasteiger partial charge < -0.3 is 10.1 Å². The van der Waals surface area contributed by atoms with Crippen LogP contribution in [0.1, 0.15) is 0 Å². The first kappa shape index (κ1) is 11.4. The number of nitrogens with two attached hydrogens (primary N) is 1. The first-order chi connectivity index (χ1) is 7.55. The van der Waals surface area contributed by atoms with Gasteiger partial charge in [0.1, 0.15) is 0 Å². The molecule has 1 heterocycles. The van der Waals surface area contributed by atoms with Crippen LogP contribution in [-0.2, 0) is 14.8 Å². The van der Waals surface area contributed by atoms with Gasteiger partial charge >= 0.3 is 0 Å². The maximum atomic E-state index is 11.0. The average Bonchev–Trinajstić information content (AvgIpc) is 2.15. The molecular weight excluding hydrogens is 228 g/mol. The van der Waals surface area contributed by atoms with Gasteiger partial charge in [0.05, 0.1) is 18.1 Å². The molecule has 16 heavy (non-hydrogen) atoms. The molecule has 0 radical (unpaired) electrons. The third kappa shape index (κ3) is 2.72. The van der Waals surface area contributed by atoms with Crippen LogP contribution in [0.5, 0.6) is 0 Å². The molecule has 0 aliphatic carbocycles. The van der Waals surface area contributed by atoms with E-state index in [0.717, 1.165) is 25.4 Å². The lowest BCUT2D eigenvalue weighted by molar-refractivity contribution is -0.0248. The molecule has 1 aliphatic heterocycles. The summed E-state index contributed by atoms with van der Waals surface area (Å²) < 4.78 is 27.1. The minimum Gasteiger partial charge on any atom is -0.385 e. The quantitative estimate of drug-likeness (QED) is 0.800. The van der Waals surface area contributed by atoms with Crippen molar-refractivity contribution in [2.24, 2.45) is 11.1 Å². The predicted molar refractivity (Wildman–Crippen MR) is 60.6 cm³/mol. The summed E-state index contributed by atoms with van der Waals surface area (Å²) in [4.78, 5) is 0.130. The van der Waals surface area contributed by atoms with Crippen molar-refractivity contribution in [1.29, 1.82) is 0 Å². The summed E-state index contributed by atoms with van der Waals surface area (Å²) in [6.45, 7) is 2.43. The Kier molecular flexibility index (Phi) is 3.13. The van der Waals surface area contributed by atoms with E-state index in [1.165, 1.54) is 12.1 Å². The fourth-order valence-electron chi connectivity index (χ4n) is 1.43. The zero-order chi connectivity index (χ0) is 11.6. The zero-order valence-electron chi connectivity index (χ0n) is 8.72. The van der Waals surface area contributed by atoms with Crippen LogP contribution >= 0.6 is 0 Å². The van der Waals surface area contributed by atoms with Crippen LogP contribution in [0.15, 0.2) is 29.2 Å². The first-order valence-electron chi connectivity index (χ1n) is 5.00. The SMILES string of the molecule is NS(=O)(=O)c1ccc(NCC2COC2)cc1. The second-order valence-corrected chi connectivity index (χ2v) is 5.42. The highest BCUT2D eigenvalue weighted by Gasteiger charge is 2.17. The molecule has 1 saturated heterocycles. The van der Waals surface area contributed by atoms with Gasteiger partial charge in [-0.3, -0.25) is 0 Å². The number of anilines is 1. The lowest BCUT2D eigenvalue weighted by Crippen LogP contribution is -2.33. The molecule has 0 atom stereocenters. The second-order valence-electron chi connectivity index (χ2n) is 3.85. The Morgan fingerprint density at radius 1 is 1.31 bits per heavy atom. The van der Waals surface area contributed by atoms with Crippen molar-refractivity contribution in [2.45, 2.75) is 4.90 Å². The number of sulfonamides is 1. The largest absolute Gasteiger partial charge is 0.385 e. The number of ether oxygens (including phenoxy) is 1. The van der Waals surface area contributed by atoms with Gasteiger partial charge in [-0.1, -0.05) is 0 Å². The Hall–Kier alpha value is -1.11. The monoisotopic (exact) mass is 242 g/mol. The van der Waals surface area contributed by atoms with E-state index in [-0.39, 0.29) is 4.90 Å². The highest BCUT2D eigenvalue weighted by molar-refractivity contribution is 7.89. The van der Waals surface area contributed by atoms with Crippen molar-refractivity contribution in [2.75, 3.05) is 25.1 Å². The van der Waals surface area contributed by atoms with E-state index >= 15 is 0 Å². The van der Waals surface area contributed by atoms with E-state index < -0.39 is 10.0 Å². The van der Waals surface area contributed by atoms with E-state index in [2.05, 4.69) is 5.32 Å². The normalized spacial score (nSPS) is 16.8. The van der Waals surface area contributed by atoms with E-state index in [1.54, 1.807) is 12.1 Å². The maximum absolute atomic E-state index is 11.0. The van der Waals surface area contributed by atoms with Crippen LogP contribution in [-0.4, -0.2) is 28.2 Å². The molecule has 1 aromatic rings. The lowest BCUT2D eigenvalue weighted by Gasteiger charge is -2.26. The van der Waals surface area contributed by atoms with Crippen molar-refractivity contribution >= 4 is 15.7 Å². The van der Waals surface area contributed by atoms with Crippen LogP contribution in [0, 0.1) is 5.92 Å². The van der Waals surface area contributed by atoms with Crippen LogP contribution in [0.25, 0.3) is 0 Å². The lowest BCUT2D eigenvalue weighted by atomic mass is 10.1. The molecule has 1 aromatic carbocycles. The van der Waals surface area contributed by atoms with Crippen LogP contribution in [0.4, 0.5) is 5.69 Å². The minimum atomic E-state index is -3.59. The van der Waals surface area contributed by atoms with Gasteiger partial charge in [0, 0.05) is 18.2 Å². The fourth-order valence-corrected chi connectivity index (χ4v) is 1.94. The topological polar surface area (TPSA) is 81.4 Å². The van der Waals surface area contributed by atoms with E-state index in [4.69, 9.17) is 9.88 Å². The van der Waals surface area contributed by atoms with Crippen molar-refractivity contribution in [3.05, 3.63) is 24.3 Å². The highest BCUT2D eigenvalue weighted by Crippen LogP contribution is 2.15. The molecule has 1 fully saturated rings. The number of primary sulfonamides is 1. The third-order valence-electron chi connectivity index (χ3n) is 2.48. The minimum absolute atomic E-state index is 0.130. The summed E-state index contributed by atoms with van der Waals surface area (Å²) in [7, 11) is -3.59. The van der Waals surface area contributed by atoms with Crippen LogP contribution < -0.4 is 10.5 Å². The highest BCUT2D eigenvalue weighted by atomic mass is 32.2. The zero-order valence-corrected chi connectivity index (χ0v) is 9.53. The Labute approximate surface area is 94.6 Å². The molecule has 2 rings (SSSR count). The maximum Gasteiger partial charge on any atom is 0.238 e. The number of nitrogens with one attached hydrogen (secondary N) is 1. The van der Waals surface area contributed by atoms with Crippen molar-refractivity contribution in [3.8, 4) is 0 Å². The molecule has 0 saturated carbocycles. The number of hydrogen-bond acceptors (Lipinski definition) is 4. The molecule has 0 aromatic heterocycles. The molecule has 5 nitrogen and oxygen atoms in total. The van der Waals surface area contributed by atoms with Gasteiger partial charge in [0.25, 0.3) is 0 Å².